The number of hydrogen-bond donors (Lipinski definition) is 6. The Balaban J connectivity index is 1.14. The number of nitrogens with one attached hydrogen (secondary N) is 2. The SMILES string of the molecule is O=C(O)[C@](O)(c1ccccc1)c1cccc(OCCCCCCCNC[C@H](O)c2ccc(O)c3[nH]c(=O)ccc23)c1. The summed E-state index contributed by atoms with van der Waals surface area (Å²) in [5.41, 5.74) is -1.01. The number of aliphatic carboxylic acids is 1. The molecule has 9 nitrogen and oxygen atoms in total. The van der Waals surface area contributed by atoms with Crippen molar-refractivity contribution >= 4 is 16.9 Å². The first-order valence-electron chi connectivity index (χ1n) is 13.8. The molecule has 3 aromatic carbocycles. The van der Waals surface area contributed by atoms with E-state index >= 15 is 0 Å². The number of carboxylic acids is 1. The molecule has 0 unspecified atom stereocenters. The van der Waals surface area contributed by atoms with Crippen LogP contribution in [0.25, 0.3) is 10.9 Å². The van der Waals surface area contributed by atoms with Gasteiger partial charge in [-0.3, -0.25) is 4.79 Å². The van der Waals surface area contributed by atoms with Crippen molar-refractivity contribution in [1.29, 1.82) is 0 Å². The van der Waals surface area contributed by atoms with E-state index in [9.17, 15) is 30.0 Å². The Labute approximate surface area is 238 Å². The van der Waals surface area contributed by atoms with Gasteiger partial charge in [-0.25, -0.2) is 4.79 Å². The van der Waals surface area contributed by atoms with E-state index in [0.717, 1.165) is 38.6 Å². The summed E-state index contributed by atoms with van der Waals surface area (Å²) in [6.07, 6.45) is 4.03. The van der Waals surface area contributed by atoms with Gasteiger partial charge in [-0.2, -0.15) is 0 Å². The number of pyridine rings is 1. The third-order valence-electron chi connectivity index (χ3n) is 7.12. The second kappa shape index (κ2) is 13.9. The maximum Gasteiger partial charge on any atom is 0.345 e. The highest BCUT2D eigenvalue weighted by atomic mass is 16.5. The van der Waals surface area contributed by atoms with Crippen molar-refractivity contribution in [2.75, 3.05) is 19.7 Å². The molecule has 0 spiro atoms. The monoisotopic (exact) mass is 560 g/mol. The maximum absolute atomic E-state index is 12.0. The van der Waals surface area contributed by atoms with Gasteiger partial charge in [0.2, 0.25) is 11.2 Å². The topological polar surface area (TPSA) is 152 Å². The fourth-order valence-corrected chi connectivity index (χ4v) is 4.87. The first-order chi connectivity index (χ1) is 19.8. The molecule has 2 atom stereocenters. The molecular weight excluding hydrogens is 524 g/mol. The number of phenols is 1. The van der Waals surface area contributed by atoms with Crippen LogP contribution in [0, 0.1) is 0 Å². The molecule has 6 N–H and O–H groups in total. The smallest absolute Gasteiger partial charge is 0.345 e. The van der Waals surface area contributed by atoms with Gasteiger partial charge >= 0.3 is 5.97 Å². The van der Waals surface area contributed by atoms with Crippen LogP contribution >= 0.6 is 0 Å². The minimum atomic E-state index is -2.16. The van der Waals surface area contributed by atoms with Crippen LogP contribution in [0.3, 0.4) is 0 Å². The van der Waals surface area contributed by atoms with Crippen LogP contribution < -0.4 is 15.6 Å². The van der Waals surface area contributed by atoms with Crippen LogP contribution in [0.5, 0.6) is 11.5 Å². The summed E-state index contributed by atoms with van der Waals surface area (Å²) in [4.78, 5) is 26.2. The van der Waals surface area contributed by atoms with Crippen molar-refractivity contribution in [1.82, 2.24) is 10.3 Å². The predicted octanol–water partition coefficient (Wildman–Crippen LogP) is 4.21. The number of aromatic nitrogens is 1. The molecule has 4 aromatic rings. The molecule has 0 aliphatic heterocycles. The molecule has 9 heteroatoms. The van der Waals surface area contributed by atoms with E-state index in [1.807, 2.05) is 0 Å². The van der Waals surface area contributed by atoms with Gasteiger partial charge in [0.15, 0.2) is 0 Å². The third kappa shape index (κ3) is 7.32. The van der Waals surface area contributed by atoms with Crippen molar-refractivity contribution in [2.24, 2.45) is 0 Å². The lowest BCUT2D eigenvalue weighted by Crippen LogP contribution is -2.36. The molecule has 0 aliphatic rings. The fourth-order valence-electron chi connectivity index (χ4n) is 4.87. The molecule has 41 heavy (non-hydrogen) atoms. The standard InChI is InChI=1S/C32H36N2O7/c35-27-16-14-25(26-15-17-29(37)34-30(26)27)28(36)21-33-18-7-2-1-3-8-19-41-24-13-9-12-23(20-24)32(40,31(38)39)22-10-5-4-6-11-22/h4-6,9-17,20,28,33,35-36,40H,1-3,7-8,18-19,21H2,(H,34,37)(H,38,39)/t28-,32-/m0/s1. The Morgan fingerprint density at radius 3 is 2.41 bits per heavy atom. The number of benzene rings is 3. The summed E-state index contributed by atoms with van der Waals surface area (Å²) >= 11 is 0. The summed E-state index contributed by atoms with van der Waals surface area (Å²) in [7, 11) is 0. The minimum Gasteiger partial charge on any atom is -0.506 e. The lowest BCUT2D eigenvalue weighted by atomic mass is 9.86. The van der Waals surface area contributed by atoms with Crippen molar-refractivity contribution in [2.45, 2.75) is 43.8 Å². The molecule has 1 heterocycles. The van der Waals surface area contributed by atoms with E-state index in [0.29, 0.717) is 35.4 Å². The molecule has 216 valence electrons. The van der Waals surface area contributed by atoms with Gasteiger partial charge in [0.05, 0.1) is 18.2 Å². The fraction of sp³-hybridized carbons (Fsp3) is 0.312. The largest absolute Gasteiger partial charge is 0.506 e. The van der Waals surface area contributed by atoms with Gasteiger partial charge in [0.25, 0.3) is 0 Å². The molecule has 0 saturated carbocycles. The average molecular weight is 561 g/mol. The Kier molecular flexibility index (Phi) is 10.1. The molecule has 0 bridgehead atoms. The number of aromatic amines is 1. The van der Waals surface area contributed by atoms with Crippen LogP contribution in [0.15, 0.2) is 83.7 Å². The van der Waals surface area contributed by atoms with Crippen molar-refractivity contribution < 1.29 is 30.0 Å². The molecule has 0 aliphatic carbocycles. The maximum atomic E-state index is 12.0. The highest BCUT2D eigenvalue weighted by molar-refractivity contribution is 5.87. The third-order valence-corrected chi connectivity index (χ3v) is 7.12. The van der Waals surface area contributed by atoms with E-state index in [1.54, 1.807) is 66.7 Å². The van der Waals surface area contributed by atoms with Crippen molar-refractivity contribution in [3.63, 3.8) is 0 Å². The molecular formula is C32H36N2O7. The van der Waals surface area contributed by atoms with Gasteiger partial charge in [-0.15, -0.1) is 0 Å². The Morgan fingerprint density at radius 1 is 0.902 bits per heavy atom. The zero-order valence-electron chi connectivity index (χ0n) is 22.8. The van der Waals surface area contributed by atoms with Crippen LogP contribution in [0.2, 0.25) is 0 Å². The lowest BCUT2D eigenvalue weighted by Gasteiger charge is -2.25. The van der Waals surface area contributed by atoms with Gasteiger partial charge < -0.3 is 35.5 Å². The number of hydrogen-bond acceptors (Lipinski definition) is 7. The molecule has 1 aromatic heterocycles. The van der Waals surface area contributed by atoms with Crippen LogP contribution in [0.1, 0.15) is 54.9 Å². The quantitative estimate of drug-likeness (QED) is 0.118. The molecule has 4 rings (SSSR count). The van der Waals surface area contributed by atoms with Crippen molar-refractivity contribution in [3.05, 3.63) is 106 Å². The number of H-pyrrole nitrogens is 1. The second-order valence-electron chi connectivity index (χ2n) is 10.0. The van der Waals surface area contributed by atoms with E-state index in [4.69, 9.17) is 4.74 Å². The number of aliphatic hydroxyl groups excluding tert-OH is 1. The number of ether oxygens (including phenoxy) is 1. The summed E-state index contributed by atoms with van der Waals surface area (Å²) < 4.78 is 5.84. The molecule has 0 saturated heterocycles. The van der Waals surface area contributed by atoms with Crippen LogP contribution in [0.4, 0.5) is 0 Å². The van der Waals surface area contributed by atoms with Gasteiger partial charge in [-0.1, -0.05) is 67.8 Å². The zero-order valence-corrected chi connectivity index (χ0v) is 22.8. The van der Waals surface area contributed by atoms with Crippen molar-refractivity contribution in [3.8, 4) is 11.5 Å². The zero-order chi connectivity index (χ0) is 29.2. The lowest BCUT2D eigenvalue weighted by molar-refractivity contribution is -0.155. The van der Waals surface area contributed by atoms with Crippen LogP contribution in [-0.4, -0.2) is 51.1 Å². The van der Waals surface area contributed by atoms with E-state index in [-0.39, 0.29) is 22.4 Å². The number of phenolic OH excluding ortho intramolecular Hbond substituents is 1. The minimum absolute atomic E-state index is 0.0334. The Bertz CT molecular complexity index is 1510. The molecule has 0 amide bonds. The number of rotatable bonds is 15. The average Bonchev–Trinajstić information content (AvgIpc) is 2.98. The number of unbranched alkanes of at least 4 members (excludes halogenated alkanes) is 4. The van der Waals surface area contributed by atoms with Gasteiger partial charge in [0.1, 0.15) is 11.5 Å². The summed E-state index contributed by atoms with van der Waals surface area (Å²) in [5, 5.41) is 45.3. The first-order valence-corrected chi connectivity index (χ1v) is 13.8. The number of carbonyl (C=O) groups is 1. The highest BCUT2D eigenvalue weighted by Gasteiger charge is 2.40. The number of carboxylic acid groups (broad SMARTS) is 1. The summed E-state index contributed by atoms with van der Waals surface area (Å²) in [6, 6.07) is 21.0. The Hall–Kier alpha value is -4.18. The number of fused-ring (bicyclic) bond motifs is 1. The number of aliphatic hydroxyl groups is 2. The van der Waals surface area contributed by atoms with Crippen LogP contribution in [-0.2, 0) is 10.4 Å². The van der Waals surface area contributed by atoms with E-state index in [1.165, 1.54) is 12.1 Å². The number of aromatic hydroxyl groups is 1. The van der Waals surface area contributed by atoms with Gasteiger partial charge in [-0.05, 0) is 54.8 Å². The Morgan fingerprint density at radius 2 is 1.63 bits per heavy atom. The molecule has 0 fully saturated rings. The summed E-state index contributed by atoms with van der Waals surface area (Å²) in [5.74, 6) is -0.876. The highest BCUT2D eigenvalue weighted by Crippen LogP contribution is 2.32. The van der Waals surface area contributed by atoms with E-state index in [2.05, 4.69) is 10.3 Å². The second-order valence-corrected chi connectivity index (χ2v) is 10.0. The predicted molar refractivity (Wildman–Crippen MR) is 156 cm³/mol. The molecule has 0 radical (unpaired) electrons. The van der Waals surface area contributed by atoms with E-state index < -0.39 is 17.7 Å². The van der Waals surface area contributed by atoms with Gasteiger partial charge in [0, 0.05) is 23.6 Å². The summed E-state index contributed by atoms with van der Waals surface area (Å²) in [6.45, 7) is 1.59. The normalized spacial score (nSPS) is 13.5. The first kappa shape index (κ1) is 29.8.